The summed E-state index contributed by atoms with van der Waals surface area (Å²) < 4.78 is 42.3. The van der Waals surface area contributed by atoms with Crippen molar-refractivity contribution in [3.63, 3.8) is 0 Å². The highest BCUT2D eigenvalue weighted by Crippen LogP contribution is 2.30. The summed E-state index contributed by atoms with van der Waals surface area (Å²) >= 11 is 0. The lowest BCUT2D eigenvalue weighted by Gasteiger charge is -2.22. The average Bonchev–Trinajstić information content (AvgIpc) is 2.57. The molecular formula is C17H20F3NO6. The molecule has 27 heavy (non-hydrogen) atoms. The molecule has 0 saturated carbocycles. The van der Waals surface area contributed by atoms with Crippen LogP contribution in [0.25, 0.3) is 0 Å². The molecule has 0 aliphatic carbocycles. The van der Waals surface area contributed by atoms with E-state index in [4.69, 9.17) is 4.74 Å². The van der Waals surface area contributed by atoms with Gasteiger partial charge in [0.05, 0.1) is 18.6 Å². The van der Waals surface area contributed by atoms with E-state index in [0.29, 0.717) is 12.1 Å². The van der Waals surface area contributed by atoms with Crippen molar-refractivity contribution in [1.82, 2.24) is 5.32 Å². The highest BCUT2D eigenvalue weighted by Gasteiger charge is 2.32. The molecule has 150 valence electrons. The van der Waals surface area contributed by atoms with Gasteiger partial charge in [0.1, 0.15) is 6.04 Å². The predicted octanol–water partition coefficient (Wildman–Crippen LogP) is 1.90. The summed E-state index contributed by atoms with van der Waals surface area (Å²) in [6.45, 7) is 3.10. The molecule has 1 rings (SSSR count). The summed E-state index contributed by atoms with van der Waals surface area (Å²) in [5.74, 6) is -4.03. The van der Waals surface area contributed by atoms with E-state index in [0.717, 1.165) is 12.1 Å². The van der Waals surface area contributed by atoms with Crippen LogP contribution in [0.4, 0.5) is 13.2 Å². The number of aliphatic hydroxyl groups excluding tert-OH is 1. The van der Waals surface area contributed by atoms with Crippen molar-refractivity contribution in [1.29, 1.82) is 0 Å². The van der Waals surface area contributed by atoms with Crippen LogP contribution in [0, 0.1) is 5.92 Å². The molecule has 1 aromatic carbocycles. The lowest BCUT2D eigenvalue weighted by Crippen LogP contribution is -2.47. The third-order valence-corrected chi connectivity index (χ3v) is 3.73. The Labute approximate surface area is 153 Å². The Morgan fingerprint density at radius 1 is 1.19 bits per heavy atom. The first-order valence-electron chi connectivity index (χ1n) is 8.01. The number of carboxylic acids is 1. The van der Waals surface area contributed by atoms with Crippen molar-refractivity contribution in [3.05, 3.63) is 35.4 Å². The Morgan fingerprint density at radius 3 is 2.19 bits per heavy atom. The second-order valence-corrected chi connectivity index (χ2v) is 5.83. The SMILES string of the molecule is CCOC(=O)C[C@H](C)[C@@H](NC(=O)[C@@H](O)c1ccc(C(F)(F)F)cc1)C(=O)O. The molecule has 1 amide bonds. The number of benzene rings is 1. The van der Waals surface area contributed by atoms with Gasteiger partial charge < -0.3 is 20.3 Å². The second-order valence-electron chi connectivity index (χ2n) is 5.83. The van der Waals surface area contributed by atoms with E-state index in [-0.39, 0.29) is 18.6 Å². The molecule has 3 atom stereocenters. The Balaban J connectivity index is 2.83. The summed E-state index contributed by atoms with van der Waals surface area (Å²) in [7, 11) is 0. The molecular weight excluding hydrogens is 371 g/mol. The highest BCUT2D eigenvalue weighted by molar-refractivity contribution is 5.87. The number of carboxylic acid groups (broad SMARTS) is 1. The predicted molar refractivity (Wildman–Crippen MR) is 86.4 cm³/mol. The molecule has 0 spiro atoms. The average molecular weight is 391 g/mol. The molecule has 1 aromatic rings. The first-order chi connectivity index (χ1) is 12.5. The van der Waals surface area contributed by atoms with Crippen LogP contribution in [0.1, 0.15) is 37.5 Å². The van der Waals surface area contributed by atoms with Gasteiger partial charge in [0.2, 0.25) is 0 Å². The zero-order valence-electron chi connectivity index (χ0n) is 14.6. The zero-order chi connectivity index (χ0) is 20.8. The molecule has 0 bridgehead atoms. The van der Waals surface area contributed by atoms with E-state index in [9.17, 15) is 37.8 Å². The normalized spacial score (nSPS) is 14.7. The topological polar surface area (TPSA) is 113 Å². The molecule has 0 saturated heterocycles. The van der Waals surface area contributed by atoms with Crippen LogP contribution in [-0.4, -0.2) is 40.7 Å². The van der Waals surface area contributed by atoms with Gasteiger partial charge in [-0.2, -0.15) is 13.2 Å². The molecule has 0 aliphatic heterocycles. The largest absolute Gasteiger partial charge is 0.480 e. The van der Waals surface area contributed by atoms with Gasteiger partial charge >= 0.3 is 18.1 Å². The number of hydrogen-bond acceptors (Lipinski definition) is 5. The van der Waals surface area contributed by atoms with Crippen LogP contribution < -0.4 is 5.32 Å². The first kappa shape index (κ1) is 22.4. The van der Waals surface area contributed by atoms with Crippen molar-refractivity contribution in [3.8, 4) is 0 Å². The van der Waals surface area contributed by atoms with Gasteiger partial charge in [0, 0.05) is 0 Å². The van der Waals surface area contributed by atoms with Crippen molar-refractivity contribution in [2.45, 2.75) is 38.6 Å². The minimum absolute atomic E-state index is 0.113. The van der Waals surface area contributed by atoms with Crippen molar-refractivity contribution in [2.24, 2.45) is 5.92 Å². The Kier molecular flexibility index (Phi) is 7.77. The second kappa shape index (κ2) is 9.36. The highest BCUT2D eigenvalue weighted by atomic mass is 19.4. The molecule has 0 fully saturated rings. The number of hydrogen-bond donors (Lipinski definition) is 3. The summed E-state index contributed by atoms with van der Waals surface area (Å²) in [5, 5.41) is 21.3. The number of nitrogens with one attached hydrogen (secondary N) is 1. The number of esters is 1. The molecule has 0 heterocycles. The minimum atomic E-state index is -4.57. The fraction of sp³-hybridized carbons (Fsp3) is 0.471. The quantitative estimate of drug-likeness (QED) is 0.584. The molecule has 10 heteroatoms. The maximum absolute atomic E-state index is 12.5. The number of amides is 1. The Bertz CT molecular complexity index is 674. The van der Waals surface area contributed by atoms with E-state index in [1.165, 1.54) is 6.92 Å². The lowest BCUT2D eigenvalue weighted by molar-refractivity contribution is -0.148. The summed E-state index contributed by atoms with van der Waals surface area (Å²) in [6, 6.07) is 1.75. The summed E-state index contributed by atoms with van der Waals surface area (Å²) in [4.78, 5) is 34.9. The Morgan fingerprint density at radius 2 is 1.74 bits per heavy atom. The summed E-state index contributed by atoms with van der Waals surface area (Å²) in [5.41, 5.74) is -1.09. The van der Waals surface area contributed by atoms with Gasteiger partial charge in [-0.1, -0.05) is 19.1 Å². The number of halogens is 3. The number of carbonyl (C=O) groups is 3. The molecule has 3 N–H and O–H groups in total. The number of aliphatic hydroxyl groups is 1. The van der Waals surface area contributed by atoms with Gasteiger partial charge in [0.25, 0.3) is 5.91 Å². The van der Waals surface area contributed by atoms with Crippen LogP contribution in [0.3, 0.4) is 0 Å². The monoisotopic (exact) mass is 391 g/mol. The van der Waals surface area contributed by atoms with Crippen LogP contribution in [0.2, 0.25) is 0 Å². The van der Waals surface area contributed by atoms with Crippen LogP contribution in [-0.2, 0) is 25.3 Å². The van der Waals surface area contributed by atoms with Crippen molar-refractivity contribution in [2.75, 3.05) is 6.61 Å². The van der Waals surface area contributed by atoms with Crippen LogP contribution >= 0.6 is 0 Å². The standard InChI is InChI=1S/C17H20F3NO6/c1-3-27-12(22)8-9(2)13(16(25)26)21-15(24)14(23)10-4-6-11(7-5-10)17(18,19)20/h4-7,9,13-14,23H,3,8H2,1-2H3,(H,21,24)(H,25,26)/t9-,13+,14-/m0/s1. The van der Waals surface area contributed by atoms with E-state index in [2.05, 4.69) is 5.32 Å². The van der Waals surface area contributed by atoms with Crippen molar-refractivity contribution >= 4 is 17.8 Å². The van der Waals surface area contributed by atoms with Gasteiger partial charge in [-0.05, 0) is 30.5 Å². The van der Waals surface area contributed by atoms with E-state index in [1.807, 2.05) is 0 Å². The minimum Gasteiger partial charge on any atom is -0.480 e. The molecule has 0 aliphatic rings. The van der Waals surface area contributed by atoms with Gasteiger partial charge in [-0.3, -0.25) is 9.59 Å². The van der Waals surface area contributed by atoms with Gasteiger partial charge in [0.15, 0.2) is 6.10 Å². The maximum atomic E-state index is 12.5. The third-order valence-electron chi connectivity index (χ3n) is 3.73. The molecule has 0 unspecified atom stereocenters. The fourth-order valence-corrected chi connectivity index (χ4v) is 2.29. The third kappa shape index (κ3) is 6.55. The molecule has 0 aromatic heterocycles. The van der Waals surface area contributed by atoms with Crippen molar-refractivity contribution < 1.29 is 42.5 Å². The summed E-state index contributed by atoms with van der Waals surface area (Å²) in [6.07, 6.45) is -6.71. The lowest BCUT2D eigenvalue weighted by atomic mass is 9.97. The first-order valence-corrected chi connectivity index (χ1v) is 8.01. The maximum Gasteiger partial charge on any atom is 0.416 e. The fourth-order valence-electron chi connectivity index (χ4n) is 2.29. The van der Waals surface area contributed by atoms with E-state index >= 15 is 0 Å². The molecule has 0 radical (unpaired) electrons. The molecule has 7 nitrogen and oxygen atoms in total. The number of rotatable bonds is 8. The van der Waals surface area contributed by atoms with Crippen LogP contribution in [0.15, 0.2) is 24.3 Å². The number of carbonyl (C=O) groups excluding carboxylic acids is 2. The number of ether oxygens (including phenoxy) is 1. The van der Waals surface area contributed by atoms with Gasteiger partial charge in [-0.15, -0.1) is 0 Å². The number of aliphatic carboxylic acids is 1. The smallest absolute Gasteiger partial charge is 0.416 e. The van der Waals surface area contributed by atoms with E-state index in [1.54, 1.807) is 6.92 Å². The van der Waals surface area contributed by atoms with Crippen LogP contribution in [0.5, 0.6) is 0 Å². The van der Waals surface area contributed by atoms with E-state index < -0.39 is 47.6 Å². The number of alkyl halides is 3. The Hall–Kier alpha value is -2.62. The zero-order valence-corrected chi connectivity index (χ0v) is 14.6. The van der Waals surface area contributed by atoms with Gasteiger partial charge in [-0.25, -0.2) is 4.79 Å².